The van der Waals surface area contributed by atoms with E-state index >= 15 is 0 Å². The molecule has 1 N–H and O–H groups in total. The summed E-state index contributed by atoms with van der Waals surface area (Å²) in [4.78, 5) is 12.3. The van der Waals surface area contributed by atoms with Crippen LogP contribution in [0.4, 0.5) is 35.1 Å². The topological polar surface area (TPSA) is 62.1 Å². The molecule has 0 aliphatic rings. The summed E-state index contributed by atoms with van der Waals surface area (Å²) < 4.78 is 117. The molecule has 4 nitrogen and oxygen atoms in total. The Hall–Kier alpha value is -3.20. The molecule has 2 aromatic carbocycles. The summed E-state index contributed by atoms with van der Waals surface area (Å²) in [6.07, 6.45) is -9.48. The summed E-state index contributed by atoms with van der Waals surface area (Å²) in [5.41, 5.74) is -7.99. The number of hydrogen-bond donors (Lipinski definition) is 1. The molecule has 1 amide bonds. The van der Waals surface area contributed by atoms with Crippen LogP contribution in [0.15, 0.2) is 42.5 Å². The first-order valence-electron chi connectivity index (χ1n) is 12.5. The van der Waals surface area contributed by atoms with Gasteiger partial charge in [0.25, 0.3) is 5.60 Å². The van der Waals surface area contributed by atoms with Crippen LogP contribution in [0.25, 0.3) is 0 Å². The van der Waals surface area contributed by atoms with Crippen molar-refractivity contribution in [2.75, 3.05) is 0 Å². The largest absolute Gasteiger partial charge is 0.430 e. The Morgan fingerprint density at radius 1 is 0.950 bits per heavy atom. The van der Waals surface area contributed by atoms with Crippen molar-refractivity contribution in [2.45, 2.75) is 83.5 Å². The number of ether oxygens (including phenoxy) is 1. The molecule has 0 aromatic heterocycles. The fourth-order valence-corrected chi connectivity index (χ4v) is 4.10. The van der Waals surface area contributed by atoms with Gasteiger partial charge in [0.1, 0.15) is 17.0 Å². The highest BCUT2D eigenvalue weighted by molar-refractivity contribution is 5.84. The molecule has 2 rings (SSSR count). The number of nitriles is 1. The molecule has 0 fully saturated rings. The first kappa shape index (κ1) is 33.0. The Labute approximate surface area is 227 Å². The predicted octanol–water partition coefficient (Wildman–Crippen LogP) is 7.66. The summed E-state index contributed by atoms with van der Waals surface area (Å²) in [5, 5.41) is 11.9. The second-order valence-corrected chi connectivity index (χ2v) is 9.95. The zero-order valence-corrected chi connectivity index (χ0v) is 22.1. The molecule has 0 spiro atoms. The van der Waals surface area contributed by atoms with E-state index in [2.05, 4.69) is 10.1 Å². The fourth-order valence-electron chi connectivity index (χ4n) is 4.10. The molecule has 40 heavy (non-hydrogen) atoms. The van der Waals surface area contributed by atoms with Gasteiger partial charge in [-0.25, -0.2) is 8.78 Å². The summed E-state index contributed by atoms with van der Waals surface area (Å²) in [5.74, 6) is -3.13. The van der Waals surface area contributed by atoms with E-state index in [1.54, 1.807) is 0 Å². The smallest absolute Gasteiger partial charge is 0.352 e. The number of amides is 1. The monoisotopic (exact) mass is 578 g/mol. The third kappa shape index (κ3) is 7.50. The van der Waals surface area contributed by atoms with Crippen LogP contribution in [0.1, 0.15) is 63.1 Å². The standard InChI is InChI=1S/C28H30F8N2O2/c1-4-7-20(38-24(39)25(2,3)17-37)9-5-8-18-12-14-19(15-13-18)26(27(31,32)33,28(34,35)36)40-16-21-22(29)10-6-11-23(21)30/h6,10-15,20H,4-5,7-9,16H2,1-3H3,(H,38,39)/t20-/m1/s1. The summed E-state index contributed by atoms with van der Waals surface area (Å²) in [7, 11) is 0. The molecule has 220 valence electrons. The molecule has 12 heteroatoms. The number of carbonyl (C=O) groups is 1. The normalized spacial score (nSPS) is 13.6. The van der Waals surface area contributed by atoms with Gasteiger partial charge in [-0.3, -0.25) is 4.79 Å². The Morgan fingerprint density at radius 2 is 1.50 bits per heavy atom. The third-order valence-corrected chi connectivity index (χ3v) is 6.49. The number of rotatable bonds is 12. The first-order chi connectivity index (χ1) is 18.5. The van der Waals surface area contributed by atoms with Crippen molar-refractivity contribution in [3.63, 3.8) is 0 Å². The number of benzene rings is 2. The van der Waals surface area contributed by atoms with E-state index in [-0.39, 0.29) is 12.5 Å². The van der Waals surface area contributed by atoms with E-state index in [0.29, 0.717) is 49.1 Å². The van der Waals surface area contributed by atoms with Crippen LogP contribution in [0.3, 0.4) is 0 Å². The van der Waals surface area contributed by atoms with Crippen LogP contribution in [0.2, 0.25) is 0 Å². The molecule has 0 saturated carbocycles. The molecule has 2 aromatic rings. The Bertz CT molecular complexity index is 1150. The van der Waals surface area contributed by atoms with Crippen LogP contribution >= 0.6 is 0 Å². The maximum atomic E-state index is 14.1. The van der Waals surface area contributed by atoms with E-state index in [4.69, 9.17) is 5.26 Å². The lowest BCUT2D eigenvalue weighted by atomic mass is 9.90. The molecule has 1 atom stereocenters. The molecule has 0 aliphatic carbocycles. The Morgan fingerprint density at radius 3 is 1.98 bits per heavy atom. The Kier molecular flexibility index (Phi) is 10.7. The van der Waals surface area contributed by atoms with Gasteiger partial charge in [0, 0.05) is 17.2 Å². The highest BCUT2D eigenvalue weighted by Crippen LogP contribution is 2.53. The second-order valence-electron chi connectivity index (χ2n) is 9.95. The zero-order valence-electron chi connectivity index (χ0n) is 22.1. The van der Waals surface area contributed by atoms with Crippen LogP contribution < -0.4 is 5.32 Å². The molecular weight excluding hydrogens is 548 g/mol. The maximum Gasteiger partial charge on any atom is 0.430 e. The summed E-state index contributed by atoms with van der Waals surface area (Å²) in [6, 6.07) is 7.42. The highest BCUT2D eigenvalue weighted by Gasteiger charge is 2.73. The van der Waals surface area contributed by atoms with Crippen molar-refractivity contribution in [1.82, 2.24) is 5.32 Å². The number of halogens is 8. The van der Waals surface area contributed by atoms with Gasteiger partial charge in [-0.15, -0.1) is 0 Å². The van der Waals surface area contributed by atoms with E-state index in [9.17, 15) is 39.9 Å². The van der Waals surface area contributed by atoms with Crippen molar-refractivity contribution < 1.29 is 44.7 Å². The molecule has 0 unspecified atom stereocenters. The minimum atomic E-state index is -6.02. The van der Waals surface area contributed by atoms with Gasteiger partial charge in [0.05, 0.1) is 12.7 Å². The molecule has 0 heterocycles. The van der Waals surface area contributed by atoms with Crippen molar-refractivity contribution >= 4 is 5.91 Å². The van der Waals surface area contributed by atoms with Crippen LogP contribution in [0.5, 0.6) is 0 Å². The van der Waals surface area contributed by atoms with E-state index in [0.717, 1.165) is 24.6 Å². The van der Waals surface area contributed by atoms with E-state index in [1.807, 2.05) is 13.0 Å². The maximum absolute atomic E-state index is 14.1. The number of hydrogen-bond acceptors (Lipinski definition) is 3. The fraction of sp³-hybridized carbons (Fsp3) is 0.500. The number of alkyl halides is 6. The van der Waals surface area contributed by atoms with Gasteiger partial charge in [-0.1, -0.05) is 43.7 Å². The lowest BCUT2D eigenvalue weighted by Gasteiger charge is -2.37. The zero-order chi connectivity index (χ0) is 30.4. The van der Waals surface area contributed by atoms with Crippen molar-refractivity contribution in [3.8, 4) is 6.07 Å². The number of aryl methyl sites for hydroxylation is 1. The van der Waals surface area contributed by atoms with Gasteiger partial charge < -0.3 is 10.1 Å². The Balaban J connectivity index is 2.25. The highest BCUT2D eigenvalue weighted by atomic mass is 19.4. The van der Waals surface area contributed by atoms with Crippen LogP contribution in [0, 0.1) is 28.4 Å². The van der Waals surface area contributed by atoms with Crippen LogP contribution in [-0.2, 0) is 28.2 Å². The first-order valence-corrected chi connectivity index (χ1v) is 12.5. The van der Waals surface area contributed by atoms with E-state index < -0.39 is 58.6 Å². The van der Waals surface area contributed by atoms with Crippen molar-refractivity contribution in [3.05, 3.63) is 70.8 Å². The van der Waals surface area contributed by atoms with Gasteiger partial charge in [0.2, 0.25) is 5.91 Å². The second kappa shape index (κ2) is 13.0. The number of nitrogens with zero attached hydrogens (tertiary/aromatic N) is 1. The average Bonchev–Trinajstić information content (AvgIpc) is 2.85. The van der Waals surface area contributed by atoms with Crippen molar-refractivity contribution in [2.24, 2.45) is 5.41 Å². The number of nitrogens with one attached hydrogen (secondary N) is 1. The van der Waals surface area contributed by atoms with Crippen LogP contribution in [-0.4, -0.2) is 24.3 Å². The van der Waals surface area contributed by atoms with E-state index in [1.165, 1.54) is 13.8 Å². The lowest BCUT2D eigenvalue weighted by Crippen LogP contribution is -2.55. The molecule has 0 aliphatic heterocycles. The van der Waals surface area contributed by atoms with Gasteiger partial charge in [-0.2, -0.15) is 31.6 Å². The lowest BCUT2D eigenvalue weighted by molar-refractivity contribution is -0.392. The van der Waals surface area contributed by atoms with Gasteiger partial charge >= 0.3 is 12.4 Å². The SMILES string of the molecule is CCC[C@H](CCCc1ccc(C(OCc2c(F)cccc2F)(C(F)(F)F)C(F)(F)F)cc1)NC(=O)C(C)(C)C#N. The molecule has 0 radical (unpaired) electrons. The molecular formula is C28H30F8N2O2. The molecule has 0 bridgehead atoms. The summed E-state index contributed by atoms with van der Waals surface area (Å²) >= 11 is 0. The van der Waals surface area contributed by atoms with Crippen molar-refractivity contribution in [1.29, 1.82) is 5.26 Å². The third-order valence-electron chi connectivity index (χ3n) is 6.49. The predicted molar refractivity (Wildman–Crippen MR) is 131 cm³/mol. The quantitative estimate of drug-likeness (QED) is 0.263. The average molecular weight is 579 g/mol. The molecule has 0 saturated heterocycles. The minimum Gasteiger partial charge on any atom is -0.352 e. The van der Waals surface area contributed by atoms with Gasteiger partial charge in [-0.05, 0) is 57.2 Å². The number of carbonyl (C=O) groups excluding carboxylic acids is 1. The minimum absolute atomic E-state index is 0.264. The summed E-state index contributed by atoms with van der Waals surface area (Å²) in [6.45, 7) is 3.24. The van der Waals surface area contributed by atoms with Gasteiger partial charge in [0.15, 0.2) is 0 Å².